The highest BCUT2D eigenvalue weighted by Crippen LogP contribution is 2.26. The van der Waals surface area contributed by atoms with Gasteiger partial charge in [0.25, 0.3) is 0 Å². The standard InChI is InChI=1S/C15H12N2O5/c1-22-15(19)11-3-2-4-12(8-11)16-9-10-5-6-14(18)13(7-10)17(20)21/h2-9,18H,1H3. The molecule has 0 saturated carbocycles. The van der Waals surface area contributed by atoms with Crippen molar-refractivity contribution in [1.29, 1.82) is 0 Å². The van der Waals surface area contributed by atoms with Crippen LogP contribution in [0, 0.1) is 10.1 Å². The van der Waals surface area contributed by atoms with Crippen molar-refractivity contribution >= 4 is 23.6 Å². The van der Waals surface area contributed by atoms with E-state index in [0.29, 0.717) is 16.8 Å². The van der Waals surface area contributed by atoms with Gasteiger partial charge in [0.15, 0.2) is 5.75 Å². The molecule has 112 valence electrons. The summed E-state index contributed by atoms with van der Waals surface area (Å²) in [5.74, 6) is -0.882. The third-order valence-corrected chi connectivity index (χ3v) is 2.83. The normalized spacial score (nSPS) is 10.6. The zero-order valence-electron chi connectivity index (χ0n) is 11.6. The number of phenolic OH excluding ortho intramolecular Hbond substituents is 1. The van der Waals surface area contributed by atoms with Crippen LogP contribution in [0.2, 0.25) is 0 Å². The first-order valence-corrected chi connectivity index (χ1v) is 6.21. The van der Waals surface area contributed by atoms with E-state index in [1.807, 2.05) is 0 Å². The molecule has 0 aliphatic carbocycles. The Morgan fingerprint density at radius 1 is 1.32 bits per heavy atom. The van der Waals surface area contributed by atoms with Crippen LogP contribution in [0.15, 0.2) is 47.5 Å². The minimum Gasteiger partial charge on any atom is -0.502 e. The van der Waals surface area contributed by atoms with Gasteiger partial charge in [-0.25, -0.2) is 4.79 Å². The summed E-state index contributed by atoms with van der Waals surface area (Å²) in [5, 5.41) is 20.1. The monoisotopic (exact) mass is 300 g/mol. The predicted octanol–water partition coefficient (Wildman–Crippen LogP) is 2.84. The molecule has 0 aliphatic heterocycles. The van der Waals surface area contributed by atoms with Crippen LogP contribution < -0.4 is 0 Å². The van der Waals surface area contributed by atoms with Crippen molar-refractivity contribution in [1.82, 2.24) is 0 Å². The molecule has 0 spiro atoms. The lowest BCUT2D eigenvalue weighted by atomic mass is 10.2. The average Bonchev–Trinajstić information content (AvgIpc) is 2.53. The predicted molar refractivity (Wildman–Crippen MR) is 79.8 cm³/mol. The van der Waals surface area contributed by atoms with Gasteiger partial charge in [-0.05, 0) is 35.9 Å². The van der Waals surface area contributed by atoms with E-state index in [0.717, 1.165) is 0 Å². The van der Waals surface area contributed by atoms with Crippen molar-refractivity contribution in [3.8, 4) is 5.75 Å². The fraction of sp³-hybridized carbons (Fsp3) is 0.0667. The number of benzene rings is 2. The quantitative estimate of drug-likeness (QED) is 0.405. The molecule has 0 aromatic heterocycles. The summed E-state index contributed by atoms with van der Waals surface area (Å²) < 4.78 is 4.62. The largest absolute Gasteiger partial charge is 0.502 e. The van der Waals surface area contributed by atoms with E-state index in [1.54, 1.807) is 18.2 Å². The molecule has 0 atom stereocenters. The number of ether oxygens (including phenoxy) is 1. The van der Waals surface area contributed by atoms with Gasteiger partial charge >= 0.3 is 11.7 Å². The highest BCUT2D eigenvalue weighted by molar-refractivity contribution is 5.91. The van der Waals surface area contributed by atoms with Gasteiger partial charge in [-0.3, -0.25) is 15.1 Å². The Labute approximate surface area is 125 Å². The molecule has 0 heterocycles. The molecule has 0 amide bonds. The zero-order chi connectivity index (χ0) is 16.1. The maximum absolute atomic E-state index is 11.4. The first-order chi connectivity index (χ1) is 10.5. The first kappa shape index (κ1) is 15.2. The number of methoxy groups -OCH3 is 1. The number of carbonyl (C=O) groups excluding carboxylic acids is 1. The molecule has 22 heavy (non-hydrogen) atoms. The van der Waals surface area contributed by atoms with Crippen LogP contribution in [0.3, 0.4) is 0 Å². The minimum atomic E-state index is -0.676. The van der Waals surface area contributed by atoms with Crippen LogP contribution in [-0.2, 0) is 4.74 Å². The fourth-order valence-electron chi connectivity index (χ4n) is 1.75. The molecule has 2 aromatic rings. The van der Waals surface area contributed by atoms with Gasteiger partial charge in [0.2, 0.25) is 0 Å². The number of carbonyl (C=O) groups is 1. The van der Waals surface area contributed by atoms with E-state index in [1.165, 1.54) is 37.6 Å². The van der Waals surface area contributed by atoms with Crippen molar-refractivity contribution in [2.75, 3.05) is 7.11 Å². The second-order valence-corrected chi connectivity index (χ2v) is 4.31. The zero-order valence-corrected chi connectivity index (χ0v) is 11.6. The van der Waals surface area contributed by atoms with E-state index >= 15 is 0 Å². The summed E-state index contributed by atoms with van der Waals surface area (Å²) in [6.07, 6.45) is 1.41. The van der Waals surface area contributed by atoms with Crippen LogP contribution in [0.4, 0.5) is 11.4 Å². The average molecular weight is 300 g/mol. The Balaban J connectivity index is 2.27. The van der Waals surface area contributed by atoms with Crippen molar-refractivity contribution in [2.45, 2.75) is 0 Å². The Hall–Kier alpha value is -3.22. The lowest BCUT2D eigenvalue weighted by molar-refractivity contribution is -0.385. The molecule has 0 saturated heterocycles. The summed E-state index contributed by atoms with van der Waals surface area (Å²) in [5.41, 5.74) is 0.910. The Kier molecular flexibility index (Phi) is 4.47. The second kappa shape index (κ2) is 6.49. The maximum Gasteiger partial charge on any atom is 0.337 e. The summed E-state index contributed by atoms with van der Waals surface area (Å²) in [7, 11) is 1.29. The smallest absolute Gasteiger partial charge is 0.337 e. The van der Waals surface area contributed by atoms with E-state index in [2.05, 4.69) is 9.73 Å². The molecule has 7 nitrogen and oxygen atoms in total. The number of hydrogen-bond acceptors (Lipinski definition) is 6. The SMILES string of the molecule is COC(=O)c1cccc(N=Cc2ccc(O)c([N+](=O)[O-])c2)c1. The number of nitro groups is 1. The van der Waals surface area contributed by atoms with Crippen molar-refractivity contribution in [3.63, 3.8) is 0 Å². The number of rotatable bonds is 4. The highest BCUT2D eigenvalue weighted by atomic mass is 16.6. The van der Waals surface area contributed by atoms with Crippen LogP contribution in [0.1, 0.15) is 15.9 Å². The molecule has 2 rings (SSSR count). The molecule has 2 aromatic carbocycles. The summed E-state index contributed by atoms with van der Waals surface area (Å²) in [6.45, 7) is 0. The fourth-order valence-corrected chi connectivity index (χ4v) is 1.75. The summed E-state index contributed by atoms with van der Waals surface area (Å²) >= 11 is 0. The van der Waals surface area contributed by atoms with Crippen LogP contribution in [0.25, 0.3) is 0 Å². The van der Waals surface area contributed by atoms with Gasteiger partial charge < -0.3 is 9.84 Å². The second-order valence-electron chi connectivity index (χ2n) is 4.31. The van der Waals surface area contributed by atoms with Gasteiger partial charge in [0, 0.05) is 12.3 Å². The van der Waals surface area contributed by atoms with Crippen LogP contribution in [-0.4, -0.2) is 29.3 Å². The number of aliphatic imine (C=N–C) groups is 1. The summed E-state index contributed by atoms with van der Waals surface area (Å²) in [6, 6.07) is 10.4. The number of aromatic hydroxyl groups is 1. The van der Waals surface area contributed by atoms with E-state index < -0.39 is 22.3 Å². The molecule has 0 unspecified atom stereocenters. The van der Waals surface area contributed by atoms with Gasteiger partial charge in [-0.15, -0.1) is 0 Å². The van der Waals surface area contributed by atoms with Crippen molar-refractivity contribution in [3.05, 3.63) is 63.7 Å². The molecule has 1 N–H and O–H groups in total. The lowest BCUT2D eigenvalue weighted by Crippen LogP contribution is -2.00. The number of nitrogens with zero attached hydrogens (tertiary/aromatic N) is 2. The van der Waals surface area contributed by atoms with E-state index in [9.17, 15) is 20.0 Å². The number of nitro benzene ring substituents is 1. The molecular weight excluding hydrogens is 288 g/mol. The van der Waals surface area contributed by atoms with Gasteiger partial charge in [-0.2, -0.15) is 0 Å². The Morgan fingerprint density at radius 3 is 2.77 bits per heavy atom. The Bertz CT molecular complexity index is 755. The minimum absolute atomic E-state index is 0.355. The van der Waals surface area contributed by atoms with Crippen molar-refractivity contribution in [2.24, 2.45) is 4.99 Å². The van der Waals surface area contributed by atoms with Crippen molar-refractivity contribution < 1.29 is 19.6 Å². The molecular formula is C15H12N2O5. The number of phenols is 1. The van der Waals surface area contributed by atoms with Crippen LogP contribution in [0.5, 0.6) is 5.75 Å². The third-order valence-electron chi connectivity index (χ3n) is 2.83. The molecule has 0 radical (unpaired) electrons. The van der Waals surface area contributed by atoms with Gasteiger partial charge in [-0.1, -0.05) is 6.07 Å². The van der Waals surface area contributed by atoms with Crippen LogP contribution >= 0.6 is 0 Å². The molecule has 0 fully saturated rings. The number of hydrogen-bond donors (Lipinski definition) is 1. The third kappa shape index (κ3) is 3.45. The molecule has 0 bridgehead atoms. The first-order valence-electron chi connectivity index (χ1n) is 6.21. The van der Waals surface area contributed by atoms with E-state index in [-0.39, 0.29) is 0 Å². The van der Waals surface area contributed by atoms with E-state index in [4.69, 9.17) is 0 Å². The topological polar surface area (TPSA) is 102 Å². The van der Waals surface area contributed by atoms with Gasteiger partial charge in [0.05, 0.1) is 23.3 Å². The molecule has 7 heteroatoms. The maximum atomic E-state index is 11.4. The summed E-state index contributed by atoms with van der Waals surface area (Å²) in [4.78, 5) is 25.6. The molecule has 0 aliphatic rings. The lowest BCUT2D eigenvalue weighted by Gasteiger charge is -2.00. The Morgan fingerprint density at radius 2 is 2.09 bits per heavy atom. The number of esters is 1. The van der Waals surface area contributed by atoms with Gasteiger partial charge in [0.1, 0.15) is 0 Å². The highest BCUT2D eigenvalue weighted by Gasteiger charge is 2.12.